The highest BCUT2D eigenvalue weighted by Crippen LogP contribution is 2.46. The zero-order valence-electron chi connectivity index (χ0n) is 18.1. The molecule has 170 valence electrons. The van der Waals surface area contributed by atoms with Crippen LogP contribution in [0.3, 0.4) is 0 Å². The fraction of sp³-hybridized carbons (Fsp3) is 0.500. The van der Waals surface area contributed by atoms with Crippen molar-refractivity contribution in [2.24, 2.45) is 17.0 Å². The van der Waals surface area contributed by atoms with E-state index in [1.807, 2.05) is 13.8 Å². The molecule has 4 rings (SSSR count). The van der Waals surface area contributed by atoms with Crippen molar-refractivity contribution < 1.29 is 29.2 Å². The van der Waals surface area contributed by atoms with Gasteiger partial charge in [0.1, 0.15) is 12.3 Å². The number of aliphatic hydroxyl groups is 1. The van der Waals surface area contributed by atoms with Gasteiger partial charge in [-0.3, -0.25) is 14.9 Å². The summed E-state index contributed by atoms with van der Waals surface area (Å²) in [6, 6.07) is 5.38. The average Bonchev–Trinajstić information content (AvgIpc) is 3.35. The molecule has 1 aromatic carbocycles. The Kier molecular flexibility index (Phi) is 5.72. The van der Waals surface area contributed by atoms with Gasteiger partial charge < -0.3 is 19.6 Å². The van der Waals surface area contributed by atoms with Gasteiger partial charge in [-0.1, -0.05) is 19.0 Å². The molecule has 10 nitrogen and oxygen atoms in total. The van der Waals surface area contributed by atoms with Crippen LogP contribution >= 0.6 is 0 Å². The van der Waals surface area contributed by atoms with Gasteiger partial charge >= 0.3 is 5.97 Å². The first-order chi connectivity index (χ1) is 15.2. The van der Waals surface area contributed by atoms with Gasteiger partial charge in [0.05, 0.1) is 28.7 Å². The number of rotatable bonds is 7. The predicted octanol–water partition coefficient (Wildman–Crippen LogP) is 2.30. The molecule has 0 spiro atoms. The number of hydrogen-bond donors (Lipinski definition) is 1. The van der Waals surface area contributed by atoms with E-state index in [1.54, 1.807) is 6.92 Å². The van der Waals surface area contributed by atoms with Crippen LogP contribution in [0.25, 0.3) is 0 Å². The smallest absolute Gasteiger partial charge is 0.355 e. The number of benzene rings is 1. The number of hydrogen-bond acceptors (Lipinski definition) is 8. The molecule has 0 unspecified atom stereocenters. The molecule has 3 heterocycles. The van der Waals surface area contributed by atoms with Gasteiger partial charge in [0.25, 0.3) is 5.69 Å². The number of ether oxygens (including phenoxy) is 1. The molecule has 1 N–H and O–H groups in total. The van der Waals surface area contributed by atoms with E-state index in [4.69, 9.17) is 9.57 Å². The number of non-ortho nitro benzene ring substituents is 1. The van der Waals surface area contributed by atoms with Crippen molar-refractivity contribution in [3.63, 3.8) is 0 Å². The van der Waals surface area contributed by atoms with Crippen LogP contribution in [0.15, 0.2) is 40.7 Å². The summed E-state index contributed by atoms with van der Waals surface area (Å²) in [5, 5.41) is 24.9. The molecule has 4 atom stereocenters. The van der Waals surface area contributed by atoms with Crippen molar-refractivity contribution in [3.8, 4) is 0 Å². The fourth-order valence-corrected chi connectivity index (χ4v) is 4.43. The Morgan fingerprint density at radius 1 is 1.31 bits per heavy atom. The molecule has 0 radical (unpaired) electrons. The quantitative estimate of drug-likeness (QED) is 0.296. The van der Waals surface area contributed by atoms with E-state index in [-0.39, 0.29) is 35.9 Å². The summed E-state index contributed by atoms with van der Waals surface area (Å²) in [6.45, 7) is 5.48. The van der Waals surface area contributed by atoms with Crippen LogP contribution in [0.4, 0.5) is 5.69 Å². The number of oxime groups is 1. The molecule has 1 amide bonds. The first-order valence-electron chi connectivity index (χ1n) is 10.6. The van der Waals surface area contributed by atoms with Crippen LogP contribution in [-0.2, 0) is 25.8 Å². The van der Waals surface area contributed by atoms with E-state index in [0.29, 0.717) is 24.0 Å². The van der Waals surface area contributed by atoms with Gasteiger partial charge in [-0.2, -0.15) is 0 Å². The van der Waals surface area contributed by atoms with Gasteiger partial charge in [-0.05, 0) is 37.0 Å². The Bertz CT molecular complexity index is 1010. The Hall–Kier alpha value is -3.27. The van der Waals surface area contributed by atoms with Crippen molar-refractivity contribution in [1.82, 2.24) is 4.90 Å². The Balaban J connectivity index is 1.54. The zero-order valence-corrected chi connectivity index (χ0v) is 18.1. The Labute approximate surface area is 184 Å². The number of carbonyl (C=O) groups is 2. The number of aliphatic hydroxyl groups excluding tert-OH is 1. The summed E-state index contributed by atoms with van der Waals surface area (Å²) in [5.74, 6) is -1.36. The summed E-state index contributed by atoms with van der Waals surface area (Å²) >= 11 is 0. The number of β-lactam (4-membered cyclic amide) rings is 1. The topological polar surface area (TPSA) is 132 Å². The zero-order chi connectivity index (χ0) is 23.2. The maximum Gasteiger partial charge on any atom is 0.355 e. The van der Waals surface area contributed by atoms with E-state index < -0.39 is 29.0 Å². The van der Waals surface area contributed by atoms with Crippen LogP contribution in [-0.4, -0.2) is 50.8 Å². The van der Waals surface area contributed by atoms with Crippen molar-refractivity contribution in [2.75, 3.05) is 0 Å². The molecule has 3 aliphatic heterocycles. The maximum atomic E-state index is 13.1. The molecule has 1 saturated heterocycles. The first kappa shape index (κ1) is 21.9. The summed E-state index contributed by atoms with van der Waals surface area (Å²) in [5.41, 5.74) is 2.22. The standard InChI is InChI=1S/C22H25N3O7/c1-11(2)16-9-18(32-23-16)15-8-17-19(12(3)26)21(27)24(17)20(15)22(28)31-10-13-4-6-14(7-5-13)25(29)30/h4-7,11-12,17-19,26H,8-10H2,1-3H3/t12-,17-,18-,19-/m1/s1. The number of esters is 1. The molecule has 32 heavy (non-hydrogen) atoms. The Morgan fingerprint density at radius 2 is 2.00 bits per heavy atom. The van der Waals surface area contributed by atoms with Crippen LogP contribution in [0.5, 0.6) is 0 Å². The number of nitrogens with zero attached hydrogens (tertiary/aromatic N) is 3. The molecular weight excluding hydrogens is 418 g/mol. The van der Waals surface area contributed by atoms with E-state index >= 15 is 0 Å². The van der Waals surface area contributed by atoms with Crippen molar-refractivity contribution in [3.05, 3.63) is 51.2 Å². The summed E-state index contributed by atoms with van der Waals surface area (Å²) in [6.07, 6.45) is -0.343. The molecule has 3 aliphatic rings. The minimum absolute atomic E-state index is 0.0571. The van der Waals surface area contributed by atoms with Gasteiger partial charge in [0, 0.05) is 24.1 Å². The monoisotopic (exact) mass is 443 g/mol. The van der Waals surface area contributed by atoms with Crippen LogP contribution < -0.4 is 0 Å². The third-order valence-electron chi connectivity index (χ3n) is 6.22. The maximum absolute atomic E-state index is 13.1. The lowest BCUT2D eigenvalue weighted by molar-refractivity contribution is -0.384. The molecule has 10 heteroatoms. The van der Waals surface area contributed by atoms with Gasteiger partial charge in [-0.15, -0.1) is 0 Å². The lowest BCUT2D eigenvalue weighted by atomic mass is 9.82. The third kappa shape index (κ3) is 3.75. The van der Waals surface area contributed by atoms with Crippen LogP contribution in [0.2, 0.25) is 0 Å². The van der Waals surface area contributed by atoms with E-state index in [0.717, 1.165) is 5.71 Å². The van der Waals surface area contributed by atoms with Crippen molar-refractivity contribution in [2.45, 2.75) is 58.5 Å². The second kappa shape index (κ2) is 8.34. The summed E-state index contributed by atoms with van der Waals surface area (Å²) in [7, 11) is 0. The van der Waals surface area contributed by atoms with Crippen molar-refractivity contribution >= 4 is 23.3 Å². The van der Waals surface area contributed by atoms with E-state index in [1.165, 1.54) is 29.2 Å². The second-order valence-corrected chi connectivity index (χ2v) is 8.66. The molecule has 0 bridgehead atoms. The average molecular weight is 443 g/mol. The van der Waals surface area contributed by atoms with Gasteiger partial charge in [-0.25, -0.2) is 4.79 Å². The highest BCUT2D eigenvalue weighted by Gasteiger charge is 2.58. The third-order valence-corrected chi connectivity index (χ3v) is 6.22. The van der Waals surface area contributed by atoms with E-state index in [9.17, 15) is 24.8 Å². The number of carbonyl (C=O) groups excluding carboxylic acids is 2. The predicted molar refractivity (Wildman–Crippen MR) is 112 cm³/mol. The van der Waals surface area contributed by atoms with Gasteiger partial charge in [0.15, 0.2) is 6.10 Å². The van der Waals surface area contributed by atoms with E-state index in [2.05, 4.69) is 5.16 Å². The number of nitro groups is 1. The molecular formula is C22H25N3O7. The summed E-state index contributed by atoms with van der Waals surface area (Å²) in [4.78, 5) is 43.0. The van der Waals surface area contributed by atoms with Crippen LogP contribution in [0.1, 0.15) is 39.2 Å². The minimum Gasteiger partial charge on any atom is -0.456 e. The number of amides is 1. The van der Waals surface area contributed by atoms with Gasteiger partial charge in [0.2, 0.25) is 5.91 Å². The van der Waals surface area contributed by atoms with Crippen molar-refractivity contribution in [1.29, 1.82) is 0 Å². The minimum atomic E-state index is -0.826. The highest BCUT2D eigenvalue weighted by molar-refractivity contribution is 6.01. The summed E-state index contributed by atoms with van der Waals surface area (Å²) < 4.78 is 5.46. The second-order valence-electron chi connectivity index (χ2n) is 8.66. The first-order valence-corrected chi connectivity index (χ1v) is 10.6. The van der Waals surface area contributed by atoms with Crippen LogP contribution in [0, 0.1) is 22.0 Å². The molecule has 1 aromatic rings. The molecule has 0 aliphatic carbocycles. The lowest BCUT2D eigenvalue weighted by Crippen LogP contribution is -2.61. The lowest BCUT2D eigenvalue weighted by Gasteiger charge is -2.44. The highest BCUT2D eigenvalue weighted by atomic mass is 16.6. The molecule has 0 aromatic heterocycles. The SMILES string of the molecule is CC(C)C1=NO[C@@H](C2=C(C(=O)OCc3ccc([N+](=O)[O-])cc3)N3C(=O)[C@H]([C@@H](C)O)[C@H]3C2)C1. The number of fused-ring (bicyclic) bond motifs is 1. The number of nitro benzene ring substituents is 1. The fourth-order valence-electron chi connectivity index (χ4n) is 4.43. The normalized spacial score (nSPS) is 25.3. The largest absolute Gasteiger partial charge is 0.456 e. The Morgan fingerprint density at radius 3 is 2.56 bits per heavy atom. The molecule has 1 fully saturated rings. The molecule has 0 saturated carbocycles.